The van der Waals surface area contributed by atoms with Gasteiger partial charge in [0, 0.05) is 24.8 Å². The van der Waals surface area contributed by atoms with E-state index in [0.717, 1.165) is 25.0 Å². The Morgan fingerprint density at radius 1 is 1.44 bits per heavy atom. The van der Waals surface area contributed by atoms with E-state index < -0.39 is 0 Å². The van der Waals surface area contributed by atoms with E-state index in [4.69, 9.17) is 0 Å². The molecule has 1 saturated carbocycles. The topological polar surface area (TPSA) is 38.0 Å². The molecule has 1 aliphatic carbocycles. The zero-order chi connectivity index (χ0) is 12.0. The molecule has 2 rings (SSSR count). The van der Waals surface area contributed by atoms with Gasteiger partial charge in [0.25, 0.3) is 0 Å². The molecule has 0 aromatic carbocycles. The highest BCUT2D eigenvalue weighted by Crippen LogP contribution is 2.47. The highest BCUT2D eigenvalue weighted by molar-refractivity contribution is 5.19. The van der Waals surface area contributed by atoms with Gasteiger partial charge in [-0.15, -0.1) is 0 Å². The average Bonchev–Trinajstić information content (AvgIpc) is 2.85. The van der Waals surface area contributed by atoms with Gasteiger partial charge in [0.15, 0.2) is 0 Å². The number of aliphatic hydroxyl groups excluding tert-OH is 1. The fourth-order valence-electron chi connectivity index (χ4n) is 1.99. The van der Waals surface area contributed by atoms with Crippen LogP contribution in [0.2, 0.25) is 0 Å². The van der Waals surface area contributed by atoms with Crippen LogP contribution in [-0.2, 0) is 18.9 Å². The van der Waals surface area contributed by atoms with Crippen molar-refractivity contribution in [3.63, 3.8) is 0 Å². The number of nitrogens with zero attached hydrogens (tertiary/aromatic N) is 2. The fraction of sp³-hybridized carbons (Fsp3) is 0.769. The Bertz CT molecular complexity index is 383. The van der Waals surface area contributed by atoms with Gasteiger partial charge < -0.3 is 5.11 Å². The van der Waals surface area contributed by atoms with Crippen LogP contribution in [0.4, 0.5) is 0 Å². The summed E-state index contributed by atoms with van der Waals surface area (Å²) in [6.45, 7) is 6.84. The summed E-state index contributed by atoms with van der Waals surface area (Å²) in [6, 6.07) is 2.19. The first-order valence-corrected chi connectivity index (χ1v) is 6.01. The van der Waals surface area contributed by atoms with Crippen LogP contribution in [0.15, 0.2) is 6.07 Å². The van der Waals surface area contributed by atoms with Crippen molar-refractivity contribution in [3.8, 4) is 0 Å². The van der Waals surface area contributed by atoms with Crippen LogP contribution < -0.4 is 0 Å². The first-order valence-electron chi connectivity index (χ1n) is 6.01. The highest BCUT2D eigenvalue weighted by atomic mass is 16.3. The van der Waals surface area contributed by atoms with Crippen LogP contribution in [0.5, 0.6) is 0 Å². The van der Waals surface area contributed by atoms with Crippen molar-refractivity contribution in [1.29, 1.82) is 0 Å². The molecule has 1 aromatic heterocycles. The van der Waals surface area contributed by atoms with Crippen molar-refractivity contribution in [1.82, 2.24) is 9.78 Å². The van der Waals surface area contributed by atoms with Crippen molar-refractivity contribution in [2.45, 2.75) is 45.4 Å². The SMILES string of the molecule is Cn1nc(C(C)(C)C)cc1CC1(CO)CC1. The van der Waals surface area contributed by atoms with Gasteiger partial charge in [0.2, 0.25) is 0 Å². The van der Waals surface area contributed by atoms with Gasteiger partial charge >= 0.3 is 0 Å². The Morgan fingerprint density at radius 3 is 2.44 bits per heavy atom. The van der Waals surface area contributed by atoms with E-state index in [1.807, 2.05) is 11.7 Å². The third-order valence-corrected chi connectivity index (χ3v) is 3.59. The lowest BCUT2D eigenvalue weighted by molar-refractivity contribution is 0.209. The van der Waals surface area contributed by atoms with Gasteiger partial charge in [-0.25, -0.2) is 0 Å². The predicted octanol–water partition coefficient (Wildman–Crippen LogP) is 2.03. The first-order chi connectivity index (χ1) is 7.36. The second-order valence-corrected chi connectivity index (χ2v) is 6.23. The Morgan fingerprint density at radius 2 is 2.06 bits per heavy atom. The highest BCUT2D eigenvalue weighted by Gasteiger charge is 2.42. The second kappa shape index (κ2) is 3.59. The minimum absolute atomic E-state index is 0.103. The Balaban J connectivity index is 2.19. The minimum Gasteiger partial charge on any atom is -0.396 e. The number of aromatic nitrogens is 2. The molecule has 1 N–H and O–H groups in total. The maximum Gasteiger partial charge on any atom is 0.0680 e. The lowest BCUT2D eigenvalue weighted by Crippen LogP contribution is -2.13. The van der Waals surface area contributed by atoms with Gasteiger partial charge in [-0.05, 0) is 30.7 Å². The monoisotopic (exact) mass is 222 g/mol. The lowest BCUT2D eigenvalue weighted by Gasteiger charge is -2.13. The quantitative estimate of drug-likeness (QED) is 0.849. The van der Waals surface area contributed by atoms with E-state index in [1.165, 1.54) is 5.69 Å². The summed E-state index contributed by atoms with van der Waals surface area (Å²) in [5.41, 5.74) is 2.66. The molecule has 0 aliphatic heterocycles. The van der Waals surface area contributed by atoms with Gasteiger partial charge in [-0.3, -0.25) is 4.68 Å². The zero-order valence-corrected chi connectivity index (χ0v) is 10.7. The van der Waals surface area contributed by atoms with E-state index in [2.05, 4.69) is 31.9 Å². The van der Waals surface area contributed by atoms with E-state index in [9.17, 15) is 5.11 Å². The van der Waals surface area contributed by atoms with Gasteiger partial charge in [0.1, 0.15) is 0 Å². The average molecular weight is 222 g/mol. The summed E-state index contributed by atoms with van der Waals surface area (Å²) < 4.78 is 1.97. The second-order valence-electron chi connectivity index (χ2n) is 6.23. The normalized spacial score (nSPS) is 18.8. The molecule has 0 bridgehead atoms. The van der Waals surface area contributed by atoms with Crippen molar-refractivity contribution in [3.05, 3.63) is 17.5 Å². The Kier molecular flexibility index (Phi) is 2.61. The summed E-state index contributed by atoms with van der Waals surface area (Å²) >= 11 is 0. The van der Waals surface area contributed by atoms with Gasteiger partial charge in [-0.1, -0.05) is 20.8 Å². The number of aryl methyl sites for hydroxylation is 1. The van der Waals surface area contributed by atoms with Crippen molar-refractivity contribution in [2.24, 2.45) is 12.5 Å². The van der Waals surface area contributed by atoms with Gasteiger partial charge in [0.05, 0.1) is 5.69 Å². The van der Waals surface area contributed by atoms with Crippen LogP contribution >= 0.6 is 0 Å². The summed E-state index contributed by atoms with van der Waals surface area (Å²) in [5, 5.41) is 13.9. The van der Waals surface area contributed by atoms with Crippen LogP contribution in [-0.4, -0.2) is 21.5 Å². The minimum atomic E-state index is 0.103. The number of rotatable bonds is 3. The molecular weight excluding hydrogens is 200 g/mol. The third kappa shape index (κ3) is 2.14. The number of hydrogen-bond donors (Lipinski definition) is 1. The molecule has 0 spiro atoms. The largest absolute Gasteiger partial charge is 0.396 e. The van der Waals surface area contributed by atoms with Gasteiger partial charge in [-0.2, -0.15) is 5.10 Å². The van der Waals surface area contributed by atoms with Crippen molar-refractivity contribution < 1.29 is 5.11 Å². The predicted molar refractivity (Wildman–Crippen MR) is 64.4 cm³/mol. The smallest absolute Gasteiger partial charge is 0.0680 e. The molecule has 3 nitrogen and oxygen atoms in total. The number of hydrogen-bond acceptors (Lipinski definition) is 2. The molecule has 1 aliphatic rings. The van der Waals surface area contributed by atoms with E-state index in [1.54, 1.807) is 0 Å². The van der Waals surface area contributed by atoms with Crippen molar-refractivity contribution >= 4 is 0 Å². The molecule has 0 unspecified atom stereocenters. The number of aliphatic hydroxyl groups is 1. The molecule has 3 heteroatoms. The molecule has 1 aromatic rings. The molecule has 1 fully saturated rings. The molecular formula is C13H22N2O. The Labute approximate surface area is 97.5 Å². The summed E-state index contributed by atoms with van der Waals surface area (Å²) in [4.78, 5) is 0. The molecule has 0 atom stereocenters. The standard InChI is InChI=1S/C13H22N2O/c1-12(2,3)11-7-10(15(4)14-11)8-13(9-16)5-6-13/h7,16H,5-6,8-9H2,1-4H3. The molecule has 16 heavy (non-hydrogen) atoms. The third-order valence-electron chi connectivity index (χ3n) is 3.59. The van der Waals surface area contributed by atoms with E-state index in [-0.39, 0.29) is 10.8 Å². The maximum atomic E-state index is 9.35. The molecule has 0 radical (unpaired) electrons. The van der Waals surface area contributed by atoms with E-state index in [0.29, 0.717) is 6.61 Å². The molecule has 1 heterocycles. The summed E-state index contributed by atoms with van der Waals surface area (Å²) in [7, 11) is 2.00. The molecule has 90 valence electrons. The van der Waals surface area contributed by atoms with Crippen molar-refractivity contribution in [2.75, 3.05) is 6.61 Å². The van der Waals surface area contributed by atoms with Crippen LogP contribution in [0, 0.1) is 5.41 Å². The maximum absolute atomic E-state index is 9.35. The summed E-state index contributed by atoms with van der Waals surface area (Å²) in [6.07, 6.45) is 3.27. The van der Waals surface area contributed by atoms with Crippen LogP contribution in [0.3, 0.4) is 0 Å². The Hall–Kier alpha value is -0.830. The fourth-order valence-corrected chi connectivity index (χ4v) is 1.99. The first kappa shape index (κ1) is 11.6. The van der Waals surface area contributed by atoms with Crippen LogP contribution in [0.25, 0.3) is 0 Å². The van der Waals surface area contributed by atoms with Crippen LogP contribution in [0.1, 0.15) is 45.0 Å². The molecule has 0 saturated heterocycles. The zero-order valence-electron chi connectivity index (χ0n) is 10.7. The van der Waals surface area contributed by atoms with E-state index >= 15 is 0 Å². The summed E-state index contributed by atoms with van der Waals surface area (Å²) in [5.74, 6) is 0. The lowest BCUT2D eigenvalue weighted by atomic mass is 9.91. The molecule has 0 amide bonds.